The molecule has 0 spiro atoms. The number of hydrogen-bond donors (Lipinski definition) is 2. The second-order valence-electron chi connectivity index (χ2n) is 4.07. The summed E-state index contributed by atoms with van der Waals surface area (Å²) in [5, 5.41) is 2.64. The number of amides is 1. The van der Waals surface area contributed by atoms with Crippen molar-refractivity contribution in [3.8, 4) is 0 Å². The molecule has 1 heterocycles. The van der Waals surface area contributed by atoms with Crippen molar-refractivity contribution in [2.45, 2.75) is 13.3 Å². The standard InChI is InChI=1S/C14H14N2O2/c1-10(17)15-14-12(7-8-13(18)16-14)9-11-5-3-2-4-6-11/h2-8H,9H2,1H3,(H2,15,16,17,18). The summed E-state index contributed by atoms with van der Waals surface area (Å²) >= 11 is 0. The Labute approximate surface area is 105 Å². The lowest BCUT2D eigenvalue weighted by Crippen LogP contribution is -2.15. The normalized spacial score (nSPS) is 10.1. The number of carbonyl (C=O) groups excluding carboxylic acids is 1. The Balaban J connectivity index is 2.32. The van der Waals surface area contributed by atoms with E-state index in [9.17, 15) is 9.59 Å². The van der Waals surface area contributed by atoms with E-state index in [4.69, 9.17) is 0 Å². The van der Waals surface area contributed by atoms with Gasteiger partial charge in [0.2, 0.25) is 11.5 Å². The van der Waals surface area contributed by atoms with Crippen molar-refractivity contribution in [2.75, 3.05) is 5.32 Å². The fraction of sp³-hybridized carbons (Fsp3) is 0.143. The number of pyridine rings is 1. The van der Waals surface area contributed by atoms with E-state index in [0.29, 0.717) is 12.2 Å². The Bertz CT molecular complexity index is 603. The minimum Gasteiger partial charge on any atom is -0.312 e. The molecule has 0 fully saturated rings. The van der Waals surface area contributed by atoms with E-state index in [1.54, 1.807) is 6.07 Å². The predicted molar refractivity (Wildman–Crippen MR) is 70.6 cm³/mol. The first-order valence-electron chi connectivity index (χ1n) is 5.69. The van der Waals surface area contributed by atoms with E-state index < -0.39 is 0 Å². The molecule has 0 saturated heterocycles. The number of aromatic nitrogens is 1. The average molecular weight is 242 g/mol. The van der Waals surface area contributed by atoms with Crippen molar-refractivity contribution in [3.05, 3.63) is 63.9 Å². The Morgan fingerprint density at radius 1 is 1.17 bits per heavy atom. The summed E-state index contributed by atoms with van der Waals surface area (Å²) in [5.41, 5.74) is 1.78. The summed E-state index contributed by atoms with van der Waals surface area (Å²) < 4.78 is 0. The summed E-state index contributed by atoms with van der Waals surface area (Å²) in [6.07, 6.45) is 0.660. The smallest absolute Gasteiger partial charge is 0.249 e. The quantitative estimate of drug-likeness (QED) is 0.863. The molecule has 1 amide bonds. The Morgan fingerprint density at radius 2 is 1.89 bits per heavy atom. The SMILES string of the molecule is CC(=O)Nc1[nH]c(=O)ccc1Cc1ccccc1. The molecule has 18 heavy (non-hydrogen) atoms. The zero-order valence-corrected chi connectivity index (χ0v) is 10.1. The van der Waals surface area contributed by atoms with Crippen LogP contribution >= 0.6 is 0 Å². The van der Waals surface area contributed by atoms with Crippen LogP contribution in [-0.2, 0) is 11.2 Å². The second kappa shape index (κ2) is 5.31. The van der Waals surface area contributed by atoms with Gasteiger partial charge >= 0.3 is 0 Å². The third kappa shape index (κ3) is 3.07. The van der Waals surface area contributed by atoms with Crippen LogP contribution in [0, 0.1) is 0 Å². The Hall–Kier alpha value is -2.36. The molecule has 0 unspecified atom stereocenters. The van der Waals surface area contributed by atoms with Gasteiger partial charge in [0, 0.05) is 19.4 Å². The van der Waals surface area contributed by atoms with Gasteiger partial charge in [-0.1, -0.05) is 30.3 Å². The molecule has 0 aliphatic heterocycles. The van der Waals surface area contributed by atoms with Gasteiger partial charge < -0.3 is 10.3 Å². The minimum absolute atomic E-state index is 0.203. The first kappa shape index (κ1) is 12.1. The number of rotatable bonds is 3. The van der Waals surface area contributed by atoms with Gasteiger partial charge in [-0.3, -0.25) is 9.59 Å². The average Bonchev–Trinajstić information content (AvgIpc) is 2.33. The van der Waals surface area contributed by atoms with Crippen molar-refractivity contribution in [1.29, 1.82) is 0 Å². The number of benzene rings is 1. The zero-order chi connectivity index (χ0) is 13.0. The van der Waals surface area contributed by atoms with Crippen LogP contribution in [0.25, 0.3) is 0 Å². The maximum Gasteiger partial charge on any atom is 0.249 e. The molecule has 92 valence electrons. The maximum absolute atomic E-state index is 11.3. The largest absolute Gasteiger partial charge is 0.312 e. The van der Waals surface area contributed by atoms with Gasteiger partial charge in [-0.2, -0.15) is 0 Å². The van der Waals surface area contributed by atoms with Crippen LogP contribution in [0.3, 0.4) is 0 Å². The van der Waals surface area contributed by atoms with Gasteiger partial charge in [-0.05, 0) is 17.2 Å². The lowest BCUT2D eigenvalue weighted by atomic mass is 10.1. The first-order valence-corrected chi connectivity index (χ1v) is 5.69. The maximum atomic E-state index is 11.3. The van der Waals surface area contributed by atoms with Crippen molar-refractivity contribution in [1.82, 2.24) is 4.98 Å². The fourth-order valence-corrected chi connectivity index (χ4v) is 1.76. The third-order valence-corrected chi connectivity index (χ3v) is 2.54. The van der Waals surface area contributed by atoms with Gasteiger partial charge in [0.15, 0.2) is 0 Å². The molecule has 4 heteroatoms. The van der Waals surface area contributed by atoms with Gasteiger partial charge in [0.25, 0.3) is 0 Å². The van der Waals surface area contributed by atoms with Gasteiger partial charge in [0.05, 0.1) is 0 Å². The number of nitrogens with one attached hydrogen (secondary N) is 2. The second-order valence-corrected chi connectivity index (χ2v) is 4.07. The molecular weight excluding hydrogens is 228 g/mol. The predicted octanol–water partition coefficient (Wildman–Crippen LogP) is 1.92. The van der Waals surface area contributed by atoms with Gasteiger partial charge in [-0.25, -0.2) is 0 Å². The van der Waals surface area contributed by atoms with Crippen molar-refractivity contribution < 1.29 is 4.79 Å². The van der Waals surface area contributed by atoms with E-state index >= 15 is 0 Å². The highest BCUT2D eigenvalue weighted by Crippen LogP contribution is 2.15. The number of aromatic amines is 1. The number of anilines is 1. The molecule has 2 N–H and O–H groups in total. The Kier molecular flexibility index (Phi) is 3.57. The van der Waals surface area contributed by atoms with Crippen LogP contribution in [0.2, 0.25) is 0 Å². The van der Waals surface area contributed by atoms with Crippen LogP contribution < -0.4 is 10.9 Å². The molecule has 1 aromatic carbocycles. The molecule has 4 nitrogen and oxygen atoms in total. The van der Waals surface area contributed by atoms with Gasteiger partial charge in [-0.15, -0.1) is 0 Å². The zero-order valence-electron chi connectivity index (χ0n) is 10.1. The van der Waals surface area contributed by atoms with Crippen LogP contribution in [-0.4, -0.2) is 10.9 Å². The van der Waals surface area contributed by atoms with Crippen molar-refractivity contribution >= 4 is 11.7 Å². The summed E-state index contributed by atoms with van der Waals surface area (Å²) in [6, 6.07) is 13.1. The molecule has 2 rings (SSSR count). The Morgan fingerprint density at radius 3 is 2.56 bits per heavy atom. The summed E-state index contributed by atoms with van der Waals surface area (Å²) in [7, 11) is 0. The van der Waals surface area contributed by atoms with Crippen molar-refractivity contribution in [2.24, 2.45) is 0 Å². The van der Waals surface area contributed by atoms with E-state index in [0.717, 1.165) is 11.1 Å². The molecule has 0 radical (unpaired) electrons. The minimum atomic E-state index is -0.226. The molecule has 1 aromatic heterocycles. The first-order chi connectivity index (χ1) is 8.65. The lowest BCUT2D eigenvalue weighted by Gasteiger charge is -2.09. The summed E-state index contributed by atoms with van der Waals surface area (Å²) in [5.74, 6) is 0.269. The molecule has 0 saturated carbocycles. The van der Waals surface area contributed by atoms with Crippen LogP contribution in [0.1, 0.15) is 18.1 Å². The summed E-state index contributed by atoms with van der Waals surface area (Å²) in [6.45, 7) is 1.41. The highest BCUT2D eigenvalue weighted by molar-refractivity contribution is 5.88. The van der Waals surface area contributed by atoms with Crippen LogP contribution in [0.15, 0.2) is 47.3 Å². The number of H-pyrrole nitrogens is 1. The van der Waals surface area contributed by atoms with E-state index in [2.05, 4.69) is 10.3 Å². The van der Waals surface area contributed by atoms with Crippen molar-refractivity contribution in [3.63, 3.8) is 0 Å². The topological polar surface area (TPSA) is 62.0 Å². The summed E-state index contributed by atoms with van der Waals surface area (Å²) in [4.78, 5) is 25.0. The van der Waals surface area contributed by atoms with E-state index in [-0.39, 0.29) is 11.5 Å². The monoisotopic (exact) mass is 242 g/mol. The highest BCUT2D eigenvalue weighted by atomic mass is 16.1. The lowest BCUT2D eigenvalue weighted by molar-refractivity contribution is -0.114. The van der Waals surface area contributed by atoms with Crippen LogP contribution in [0.4, 0.5) is 5.82 Å². The molecule has 0 bridgehead atoms. The van der Waals surface area contributed by atoms with E-state index in [1.165, 1.54) is 13.0 Å². The number of carbonyl (C=O) groups is 1. The van der Waals surface area contributed by atoms with E-state index in [1.807, 2.05) is 30.3 Å². The fourth-order valence-electron chi connectivity index (χ4n) is 1.76. The number of hydrogen-bond acceptors (Lipinski definition) is 2. The van der Waals surface area contributed by atoms with Gasteiger partial charge in [0.1, 0.15) is 5.82 Å². The highest BCUT2D eigenvalue weighted by Gasteiger charge is 2.06. The molecular formula is C14H14N2O2. The molecule has 0 aliphatic carbocycles. The molecule has 0 atom stereocenters. The van der Waals surface area contributed by atoms with Crippen LogP contribution in [0.5, 0.6) is 0 Å². The third-order valence-electron chi connectivity index (χ3n) is 2.54. The molecule has 0 aliphatic rings. The molecule has 2 aromatic rings.